The summed E-state index contributed by atoms with van der Waals surface area (Å²) in [4.78, 5) is 10.5. The first-order valence-corrected chi connectivity index (χ1v) is 14.3. The Kier molecular flexibility index (Phi) is 4.48. The van der Waals surface area contributed by atoms with E-state index in [1.54, 1.807) is 0 Å². The summed E-state index contributed by atoms with van der Waals surface area (Å²) in [5.74, 6) is 0.689. The minimum Gasteiger partial charge on any atom is -0.277 e. The van der Waals surface area contributed by atoms with Crippen LogP contribution >= 0.6 is 11.3 Å². The van der Waals surface area contributed by atoms with Crippen LogP contribution in [-0.2, 0) is 0 Å². The zero-order chi connectivity index (χ0) is 26.2. The zero-order valence-corrected chi connectivity index (χ0v) is 22.2. The molecule has 0 radical (unpaired) electrons. The van der Waals surface area contributed by atoms with Crippen molar-refractivity contribution in [3.63, 3.8) is 0 Å². The van der Waals surface area contributed by atoms with Gasteiger partial charge in [0.2, 0.25) is 5.95 Å². The van der Waals surface area contributed by atoms with E-state index in [0.717, 1.165) is 33.2 Å². The molecule has 0 saturated carbocycles. The highest BCUT2D eigenvalue weighted by Crippen LogP contribution is 2.47. The lowest BCUT2D eigenvalue weighted by molar-refractivity contribution is 1.02. The Morgan fingerprint density at radius 1 is 0.500 bits per heavy atom. The lowest BCUT2D eigenvalue weighted by Gasteiger charge is -2.13. The van der Waals surface area contributed by atoms with Crippen LogP contribution in [-0.4, -0.2) is 14.5 Å². The Balaban J connectivity index is 1.53. The van der Waals surface area contributed by atoms with Crippen LogP contribution in [0.4, 0.5) is 0 Å². The molecule has 0 N–H and O–H groups in total. The predicted molar refractivity (Wildman–Crippen MR) is 170 cm³/mol. The predicted octanol–water partition coefficient (Wildman–Crippen LogP) is 9.91. The van der Waals surface area contributed by atoms with E-state index in [4.69, 9.17) is 9.97 Å². The molecular weight excluding hydrogens is 506 g/mol. The average Bonchev–Trinajstić information content (AvgIpc) is 3.58. The number of para-hydroxylation sites is 2. The minimum atomic E-state index is 0.689. The Labute approximate surface area is 233 Å². The summed E-state index contributed by atoms with van der Waals surface area (Å²) in [7, 11) is 0. The van der Waals surface area contributed by atoms with Crippen molar-refractivity contribution >= 4 is 75.0 Å². The molecule has 0 aliphatic carbocycles. The molecule has 3 heterocycles. The molecule has 0 unspecified atom stereocenters. The van der Waals surface area contributed by atoms with E-state index in [2.05, 4.69) is 126 Å². The lowest BCUT2D eigenvalue weighted by Crippen LogP contribution is -2.03. The molecule has 0 bridgehead atoms. The van der Waals surface area contributed by atoms with Gasteiger partial charge < -0.3 is 0 Å². The number of thiophene rings is 1. The number of hydrogen-bond acceptors (Lipinski definition) is 3. The van der Waals surface area contributed by atoms with Crippen molar-refractivity contribution in [1.29, 1.82) is 0 Å². The third-order valence-corrected chi connectivity index (χ3v) is 9.18. The molecule has 0 aliphatic rings. The number of fused-ring (bicyclic) bond motifs is 11. The average molecular weight is 528 g/mol. The Morgan fingerprint density at radius 2 is 1.15 bits per heavy atom. The summed E-state index contributed by atoms with van der Waals surface area (Å²) >= 11 is 1.88. The van der Waals surface area contributed by atoms with Gasteiger partial charge in [0.15, 0.2) is 0 Å². The molecule has 0 fully saturated rings. The first-order valence-electron chi connectivity index (χ1n) is 13.4. The smallest absolute Gasteiger partial charge is 0.235 e. The van der Waals surface area contributed by atoms with Gasteiger partial charge in [-0.3, -0.25) is 4.57 Å². The number of rotatable bonds is 2. The Hall–Kier alpha value is -5.06. The van der Waals surface area contributed by atoms with Crippen LogP contribution in [0, 0.1) is 0 Å². The third-order valence-electron chi connectivity index (χ3n) is 7.99. The van der Waals surface area contributed by atoms with Gasteiger partial charge in [0, 0.05) is 47.3 Å². The number of nitrogens with zero attached hydrogens (tertiary/aromatic N) is 3. The molecule has 40 heavy (non-hydrogen) atoms. The van der Waals surface area contributed by atoms with Gasteiger partial charge in [0.25, 0.3) is 0 Å². The van der Waals surface area contributed by atoms with E-state index in [1.807, 2.05) is 17.4 Å². The van der Waals surface area contributed by atoms with Gasteiger partial charge in [0.1, 0.15) is 0 Å². The second kappa shape index (κ2) is 8.22. The fourth-order valence-corrected chi connectivity index (χ4v) is 7.59. The monoisotopic (exact) mass is 527 g/mol. The number of aromatic nitrogens is 3. The maximum absolute atomic E-state index is 5.30. The summed E-state index contributed by atoms with van der Waals surface area (Å²) in [6, 6.07) is 45.0. The summed E-state index contributed by atoms with van der Waals surface area (Å²) in [5.41, 5.74) is 5.23. The van der Waals surface area contributed by atoms with Crippen LogP contribution in [0.2, 0.25) is 0 Å². The fraction of sp³-hybridized carbons (Fsp3) is 0. The molecule has 0 aliphatic heterocycles. The maximum atomic E-state index is 5.30. The van der Waals surface area contributed by atoms with E-state index in [9.17, 15) is 0 Å². The number of benzene rings is 6. The Bertz CT molecular complexity index is 2430. The standard InChI is InChI=1S/C36H21N3S/c1-2-12-22(13-3-1)33-25-16-6-9-19-28(25)37-36(38-33)39-29-20-10-7-17-26(29)32-34(39)24-15-5-4-14-23(24)31-27-18-8-11-21-30(27)40-35(31)32/h1-21H. The highest BCUT2D eigenvalue weighted by molar-refractivity contribution is 7.27. The van der Waals surface area contributed by atoms with E-state index < -0.39 is 0 Å². The van der Waals surface area contributed by atoms with Crippen LogP contribution < -0.4 is 0 Å². The molecule has 186 valence electrons. The molecule has 3 aromatic heterocycles. The van der Waals surface area contributed by atoms with Gasteiger partial charge in [-0.1, -0.05) is 109 Å². The van der Waals surface area contributed by atoms with Gasteiger partial charge in [-0.05, 0) is 23.6 Å². The lowest BCUT2D eigenvalue weighted by atomic mass is 10.00. The fourth-order valence-electron chi connectivity index (χ4n) is 6.31. The summed E-state index contributed by atoms with van der Waals surface area (Å²) in [5, 5.41) is 8.65. The van der Waals surface area contributed by atoms with Crippen LogP contribution in [0.3, 0.4) is 0 Å². The van der Waals surface area contributed by atoms with Gasteiger partial charge in [0.05, 0.1) is 22.2 Å². The molecule has 9 rings (SSSR count). The normalized spacial score (nSPS) is 12.0. The second-order valence-electron chi connectivity index (χ2n) is 10.2. The van der Waals surface area contributed by atoms with Crippen molar-refractivity contribution in [1.82, 2.24) is 14.5 Å². The quantitative estimate of drug-likeness (QED) is 0.224. The van der Waals surface area contributed by atoms with E-state index in [1.165, 1.54) is 41.7 Å². The van der Waals surface area contributed by atoms with Gasteiger partial charge in [-0.25, -0.2) is 9.97 Å². The first kappa shape index (κ1) is 21.8. The van der Waals surface area contributed by atoms with Gasteiger partial charge in [-0.15, -0.1) is 11.3 Å². The summed E-state index contributed by atoms with van der Waals surface area (Å²) < 4.78 is 4.91. The molecular formula is C36H21N3S. The summed E-state index contributed by atoms with van der Waals surface area (Å²) in [6.07, 6.45) is 0. The van der Waals surface area contributed by atoms with E-state index in [-0.39, 0.29) is 0 Å². The molecule has 6 aromatic carbocycles. The van der Waals surface area contributed by atoms with Crippen molar-refractivity contribution in [2.75, 3.05) is 0 Å². The van der Waals surface area contributed by atoms with E-state index >= 15 is 0 Å². The van der Waals surface area contributed by atoms with Crippen molar-refractivity contribution in [3.05, 3.63) is 127 Å². The first-order chi connectivity index (χ1) is 19.9. The van der Waals surface area contributed by atoms with Gasteiger partial charge >= 0.3 is 0 Å². The maximum Gasteiger partial charge on any atom is 0.235 e. The SMILES string of the molecule is c1ccc(-c2nc(-n3c4ccccc4c4c5sc6ccccc6c5c5ccccc5c43)nc3ccccc23)cc1. The van der Waals surface area contributed by atoms with Gasteiger partial charge in [-0.2, -0.15) is 0 Å². The molecule has 0 amide bonds. The summed E-state index contributed by atoms with van der Waals surface area (Å²) in [6.45, 7) is 0. The molecule has 3 nitrogen and oxygen atoms in total. The van der Waals surface area contributed by atoms with Crippen molar-refractivity contribution in [2.45, 2.75) is 0 Å². The molecule has 0 atom stereocenters. The third kappa shape index (κ3) is 2.94. The highest BCUT2D eigenvalue weighted by Gasteiger charge is 2.23. The molecule has 0 saturated heterocycles. The number of hydrogen-bond donors (Lipinski definition) is 0. The van der Waals surface area contributed by atoms with Crippen molar-refractivity contribution < 1.29 is 0 Å². The molecule has 0 spiro atoms. The molecule has 9 aromatic rings. The highest BCUT2D eigenvalue weighted by atomic mass is 32.1. The van der Waals surface area contributed by atoms with Crippen molar-refractivity contribution in [3.8, 4) is 17.2 Å². The minimum absolute atomic E-state index is 0.689. The zero-order valence-electron chi connectivity index (χ0n) is 21.4. The van der Waals surface area contributed by atoms with Crippen LogP contribution in [0.1, 0.15) is 0 Å². The van der Waals surface area contributed by atoms with E-state index in [0.29, 0.717) is 5.95 Å². The topological polar surface area (TPSA) is 30.7 Å². The second-order valence-corrected chi connectivity index (χ2v) is 11.2. The van der Waals surface area contributed by atoms with Crippen LogP contribution in [0.15, 0.2) is 127 Å². The largest absolute Gasteiger partial charge is 0.277 e. The van der Waals surface area contributed by atoms with Crippen LogP contribution in [0.5, 0.6) is 0 Å². The Morgan fingerprint density at radius 3 is 2.00 bits per heavy atom. The van der Waals surface area contributed by atoms with Crippen LogP contribution in [0.25, 0.3) is 80.9 Å². The molecule has 4 heteroatoms. The van der Waals surface area contributed by atoms with Crippen molar-refractivity contribution in [2.24, 2.45) is 0 Å².